The minimum atomic E-state index is -3.80. The first-order valence-corrected chi connectivity index (χ1v) is 16.5. The van der Waals surface area contributed by atoms with Crippen LogP contribution in [0.5, 0.6) is 5.75 Å². The lowest BCUT2D eigenvalue weighted by Gasteiger charge is -2.28. The number of amides is 1. The van der Waals surface area contributed by atoms with Crippen LogP contribution in [-0.4, -0.2) is 55.6 Å². The molecule has 0 saturated carbocycles. The average molecular weight is 626 g/mol. The molecule has 43 heavy (non-hydrogen) atoms. The summed E-state index contributed by atoms with van der Waals surface area (Å²) >= 11 is 0. The Bertz CT molecular complexity index is 1140. The van der Waals surface area contributed by atoms with Gasteiger partial charge in [-0.2, -0.15) is 4.31 Å². The zero-order valence-corrected chi connectivity index (χ0v) is 29.1. The third kappa shape index (κ3) is 16.3. The maximum atomic E-state index is 13.5. The molecule has 2 aromatic carbocycles. The van der Waals surface area contributed by atoms with E-state index in [1.165, 1.54) is 35.7 Å². The first kappa shape index (κ1) is 42.0. The summed E-state index contributed by atoms with van der Waals surface area (Å²) in [5.74, 6) is 0.624. The number of carbonyl (C=O) groups excluding carboxylic acids is 1. The first-order chi connectivity index (χ1) is 20.2. The second kappa shape index (κ2) is 21.5. The van der Waals surface area contributed by atoms with Gasteiger partial charge in [0.2, 0.25) is 10.0 Å². The van der Waals surface area contributed by atoms with Crippen molar-refractivity contribution in [2.45, 2.75) is 106 Å². The highest BCUT2D eigenvalue weighted by atomic mass is 32.2. The van der Waals surface area contributed by atoms with Gasteiger partial charge in [0.1, 0.15) is 11.4 Å². The Morgan fingerprint density at radius 2 is 1.47 bits per heavy atom. The van der Waals surface area contributed by atoms with Gasteiger partial charge < -0.3 is 14.8 Å². The van der Waals surface area contributed by atoms with Crippen LogP contribution in [0.2, 0.25) is 0 Å². The lowest BCUT2D eigenvalue weighted by molar-refractivity contribution is -0.384. The maximum absolute atomic E-state index is 13.5. The number of sulfonamides is 1. The minimum Gasteiger partial charge on any atom is -0.497 e. The van der Waals surface area contributed by atoms with Crippen LogP contribution in [0.1, 0.15) is 88.1 Å². The maximum Gasteiger partial charge on any atom is 0.407 e. The number of hydrogen-bond acceptors (Lipinski definition) is 7. The van der Waals surface area contributed by atoms with Gasteiger partial charge in [-0.25, -0.2) is 13.2 Å². The van der Waals surface area contributed by atoms with Crippen LogP contribution in [0.15, 0.2) is 53.4 Å². The predicted octanol–water partition coefficient (Wildman–Crippen LogP) is 7.85. The molecule has 0 aliphatic heterocycles. The Kier molecular flexibility index (Phi) is 21.0. The number of nitro groups is 1. The second-order valence-corrected chi connectivity index (χ2v) is 12.1. The van der Waals surface area contributed by atoms with Crippen molar-refractivity contribution in [3.8, 4) is 5.75 Å². The van der Waals surface area contributed by atoms with Gasteiger partial charge in [0, 0.05) is 31.3 Å². The Morgan fingerprint density at radius 1 is 0.953 bits per heavy atom. The number of nitrogens with one attached hydrogen (secondary N) is 1. The highest BCUT2D eigenvalue weighted by Gasteiger charge is 2.27. The van der Waals surface area contributed by atoms with Crippen LogP contribution < -0.4 is 10.1 Å². The molecule has 10 nitrogen and oxygen atoms in total. The molecule has 0 aliphatic carbocycles. The number of carbonyl (C=O) groups is 1. The molecule has 0 saturated heterocycles. The second-order valence-electron chi connectivity index (χ2n) is 10.2. The summed E-state index contributed by atoms with van der Waals surface area (Å²) in [6.07, 6.45) is 0.0288. The number of alkyl carbamates (subject to hydrolysis) is 1. The van der Waals surface area contributed by atoms with Crippen LogP contribution in [0.3, 0.4) is 0 Å². The molecule has 1 atom stereocenters. The summed E-state index contributed by atoms with van der Waals surface area (Å²) in [6.45, 7) is 21.6. The summed E-state index contributed by atoms with van der Waals surface area (Å²) in [5, 5.41) is 13.8. The molecule has 2 aromatic rings. The molecule has 0 aliphatic rings. The van der Waals surface area contributed by atoms with E-state index in [4.69, 9.17) is 9.47 Å². The van der Waals surface area contributed by atoms with Crippen molar-refractivity contribution < 1.29 is 27.6 Å². The normalized spacial score (nSPS) is 11.5. The zero-order chi connectivity index (χ0) is 33.8. The lowest BCUT2D eigenvalue weighted by atomic mass is 10.0. The van der Waals surface area contributed by atoms with Gasteiger partial charge in [-0.15, -0.1) is 0 Å². The number of ether oxygens (including phenoxy) is 2. The van der Waals surface area contributed by atoms with E-state index in [1.807, 2.05) is 55.4 Å². The van der Waals surface area contributed by atoms with E-state index in [1.54, 1.807) is 45.0 Å². The van der Waals surface area contributed by atoms with E-state index < -0.39 is 32.7 Å². The lowest BCUT2D eigenvalue weighted by Crippen LogP contribution is -2.43. The Labute approximate surface area is 260 Å². The Hall–Kier alpha value is -3.18. The minimum absolute atomic E-state index is 0.0332. The number of nitrogens with zero attached hydrogens (tertiary/aromatic N) is 2. The third-order valence-corrected chi connectivity index (χ3v) is 7.22. The van der Waals surface area contributed by atoms with Crippen molar-refractivity contribution in [1.29, 1.82) is 0 Å². The highest BCUT2D eigenvalue weighted by Crippen LogP contribution is 2.22. The molecule has 2 rings (SSSR count). The van der Waals surface area contributed by atoms with E-state index in [0.717, 1.165) is 5.56 Å². The van der Waals surface area contributed by atoms with Crippen molar-refractivity contribution in [2.24, 2.45) is 5.92 Å². The van der Waals surface area contributed by atoms with E-state index in [2.05, 4.69) is 5.32 Å². The Morgan fingerprint density at radius 3 is 1.88 bits per heavy atom. The third-order valence-electron chi connectivity index (χ3n) is 5.34. The smallest absolute Gasteiger partial charge is 0.407 e. The summed E-state index contributed by atoms with van der Waals surface area (Å²) in [6, 6.07) is 11.8. The van der Waals surface area contributed by atoms with Gasteiger partial charge in [-0.3, -0.25) is 10.1 Å². The molecule has 0 unspecified atom stereocenters. The van der Waals surface area contributed by atoms with Gasteiger partial charge in [0.05, 0.1) is 16.9 Å². The molecular weight excluding hydrogens is 570 g/mol. The van der Waals surface area contributed by atoms with E-state index in [9.17, 15) is 23.3 Å². The van der Waals surface area contributed by atoms with Gasteiger partial charge >= 0.3 is 6.09 Å². The van der Waals surface area contributed by atoms with Crippen LogP contribution in [-0.2, 0) is 21.2 Å². The summed E-state index contributed by atoms with van der Waals surface area (Å²) in [5.41, 5.74) is 0.0257. The first-order valence-electron chi connectivity index (χ1n) is 15.1. The summed E-state index contributed by atoms with van der Waals surface area (Å²) in [4.78, 5) is 23.2. The van der Waals surface area contributed by atoms with Crippen LogP contribution in [0.4, 0.5) is 10.5 Å². The molecule has 11 heteroatoms. The van der Waals surface area contributed by atoms with Gasteiger partial charge in [-0.1, -0.05) is 67.5 Å². The van der Waals surface area contributed by atoms with Gasteiger partial charge in [0.25, 0.3) is 5.69 Å². The quantitative estimate of drug-likeness (QED) is 0.188. The summed E-state index contributed by atoms with van der Waals surface area (Å²) < 4.78 is 38.9. The van der Waals surface area contributed by atoms with Crippen LogP contribution >= 0.6 is 0 Å². The fourth-order valence-electron chi connectivity index (χ4n) is 3.65. The number of rotatable bonds is 12. The molecule has 0 fully saturated rings. The monoisotopic (exact) mass is 625 g/mol. The number of nitro benzene ring substituents is 1. The van der Waals surface area contributed by atoms with E-state index >= 15 is 0 Å². The number of benzene rings is 2. The zero-order valence-electron chi connectivity index (χ0n) is 28.3. The Balaban J connectivity index is 0. The SMILES string of the molecule is CC.CC.CC.COc1ccc(S(=O)(=O)N(CC[C@H](Cc2ccc([N+](=O)[O-])cc2)NC(=O)OC(C)(C)C)CC(C)C)cc1. The molecule has 246 valence electrons. The van der Waals surface area contributed by atoms with Crippen molar-refractivity contribution in [1.82, 2.24) is 9.62 Å². The molecule has 1 amide bonds. The number of hydrogen-bond donors (Lipinski definition) is 1. The largest absolute Gasteiger partial charge is 0.497 e. The average Bonchev–Trinajstić information content (AvgIpc) is 2.97. The van der Waals surface area contributed by atoms with Crippen LogP contribution in [0.25, 0.3) is 0 Å². The van der Waals surface area contributed by atoms with Gasteiger partial charge in [-0.05, 0) is 69.4 Å². The molecule has 0 spiro atoms. The van der Waals surface area contributed by atoms with E-state index in [-0.39, 0.29) is 23.0 Å². The molecule has 1 N–H and O–H groups in total. The van der Waals surface area contributed by atoms with Crippen LogP contribution in [0, 0.1) is 16.0 Å². The number of methoxy groups -OCH3 is 1. The van der Waals surface area contributed by atoms with Crippen molar-refractivity contribution in [3.05, 3.63) is 64.2 Å². The van der Waals surface area contributed by atoms with Crippen molar-refractivity contribution in [2.75, 3.05) is 20.2 Å². The molecule has 0 radical (unpaired) electrons. The number of non-ortho nitro benzene ring substituents is 1. The molecular formula is C32H55N3O7S. The van der Waals surface area contributed by atoms with Gasteiger partial charge in [0.15, 0.2) is 0 Å². The predicted molar refractivity (Wildman–Crippen MR) is 175 cm³/mol. The molecule has 0 heterocycles. The van der Waals surface area contributed by atoms with Crippen molar-refractivity contribution >= 4 is 21.8 Å². The topological polar surface area (TPSA) is 128 Å². The van der Waals surface area contributed by atoms with E-state index in [0.29, 0.717) is 25.1 Å². The highest BCUT2D eigenvalue weighted by molar-refractivity contribution is 7.89. The molecule has 0 bridgehead atoms. The molecule has 0 aromatic heterocycles. The standard InChI is InChI=1S/C26H37N3O7S.3C2H6/c1-19(2)18-28(37(33,34)24-13-11-23(35-6)12-14-24)16-15-21(27-25(30)36-26(3,4)5)17-20-7-9-22(10-8-20)29(31)32;3*1-2/h7-14,19,21H,15-18H2,1-6H3,(H,27,30);3*1-2H3/t21-;;;/m1.../s1. The fourth-order valence-corrected chi connectivity index (χ4v) is 5.27. The van der Waals surface area contributed by atoms with Crippen molar-refractivity contribution in [3.63, 3.8) is 0 Å². The summed E-state index contributed by atoms with van der Waals surface area (Å²) in [7, 11) is -2.29. The fraction of sp³-hybridized carbons (Fsp3) is 0.594.